The molecule has 0 heterocycles. The summed E-state index contributed by atoms with van der Waals surface area (Å²) in [4.78, 5) is 38.2. The summed E-state index contributed by atoms with van der Waals surface area (Å²) in [5, 5.41) is 0. The molecule has 2 atom stereocenters. The first-order valence-electron chi connectivity index (χ1n) is 30.3. The van der Waals surface area contributed by atoms with E-state index >= 15 is 0 Å². The van der Waals surface area contributed by atoms with Crippen molar-refractivity contribution in [3.8, 4) is 0 Å². The van der Waals surface area contributed by atoms with Crippen molar-refractivity contribution in [2.24, 2.45) is 11.8 Å². The fraction of sp³-hybridized carbons (Fsp3) is 0.951. The lowest BCUT2D eigenvalue weighted by molar-refractivity contribution is -0.167. The smallest absolute Gasteiger partial charge is 0.306 e. The first kappa shape index (κ1) is 65.4. The molecule has 0 saturated heterocycles. The highest BCUT2D eigenvalue weighted by Crippen LogP contribution is 2.19. The van der Waals surface area contributed by atoms with Crippen LogP contribution in [-0.4, -0.2) is 37.2 Å². The lowest BCUT2D eigenvalue weighted by atomic mass is 9.99. The summed E-state index contributed by atoms with van der Waals surface area (Å²) in [6, 6.07) is 0. The average molecular weight is 948 g/mol. The first-order valence-corrected chi connectivity index (χ1v) is 30.3. The Hall–Kier alpha value is -1.59. The Balaban J connectivity index is 4.29. The van der Waals surface area contributed by atoms with E-state index in [-0.39, 0.29) is 31.1 Å². The molecule has 398 valence electrons. The Morgan fingerprint density at radius 3 is 0.851 bits per heavy atom. The number of rotatable bonds is 55. The van der Waals surface area contributed by atoms with Gasteiger partial charge in [-0.05, 0) is 31.1 Å². The minimum atomic E-state index is -0.763. The van der Waals surface area contributed by atoms with Gasteiger partial charge in [0.25, 0.3) is 0 Å². The van der Waals surface area contributed by atoms with E-state index in [4.69, 9.17) is 14.2 Å². The Labute approximate surface area is 418 Å². The molecule has 0 radical (unpaired) electrons. The molecule has 0 rings (SSSR count). The summed E-state index contributed by atoms with van der Waals surface area (Å²) in [6.07, 6.45) is 58.0. The Morgan fingerprint density at radius 1 is 0.313 bits per heavy atom. The fourth-order valence-electron chi connectivity index (χ4n) is 9.37. The van der Waals surface area contributed by atoms with E-state index in [1.165, 1.54) is 231 Å². The van der Waals surface area contributed by atoms with Crippen LogP contribution >= 0.6 is 0 Å². The molecular formula is C61H118O6. The Morgan fingerprint density at radius 2 is 0.567 bits per heavy atom. The lowest BCUT2D eigenvalue weighted by Crippen LogP contribution is -2.30. The van der Waals surface area contributed by atoms with Crippen molar-refractivity contribution in [3.63, 3.8) is 0 Å². The van der Waals surface area contributed by atoms with Gasteiger partial charge in [0.2, 0.25) is 0 Å². The maximum Gasteiger partial charge on any atom is 0.306 e. The molecule has 0 aliphatic rings. The normalized spacial score (nSPS) is 12.4. The van der Waals surface area contributed by atoms with E-state index in [1.54, 1.807) is 0 Å². The number of unbranched alkanes of at least 4 members (excludes halogenated alkanes) is 39. The number of esters is 3. The topological polar surface area (TPSA) is 78.9 Å². The van der Waals surface area contributed by atoms with Crippen molar-refractivity contribution < 1.29 is 28.6 Å². The molecule has 67 heavy (non-hydrogen) atoms. The summed E-state index contributed by atoms with van der Waals surface area (Å²) in [7, 11) is 0. The van der Waals surface area contributed by atoms with E-state index in [1.807, 2.05) is 0 Å². The van der Waals surface area contributed by atoms with Crippen molar-refractivity contribution in [3.05, 3.63) is 0 Å². The van der Waals surface area contributed by atoms with E-state index in [2.05, 4.69) is 34.6 Å². The van der Waals surface area contributed by atoms with Crippen LogP contribution in [0.25, 0.3) is 0 Å². The Bertz CT molecular complexity index is 1030. The van der Waals surface area contributed by atoms with Crippen LogP contribution in [0, 0.1) is 11.8 Å². The second-order valence-electron chi connectivity index (χ2n) is 21.7. The molecule has 6 heteroatoms. The summed E-state index contributed by atoms with van der Waals surface area (Å²) in [6.45, 7) is 11.5. The third kappa shape index (κ3) is 53.6. The van der Waals surface area contributed by atoms with Crippen LogP contribution in [0.5, 0.6) is 0 Å². The third-order valence-electron chi connectivity index (χ3n) is 14.3. The molecule has 0 aliphatic carbocycles. The summed E-state index contributed by atoms with van der Waals surface area (Å²) in [5.74, 6) is 0.892. The highest BCUT2D eigenvalue weighted by atomic mass is 16.6. The van der Waals surface area contributed by atoms with Gasteiger partial charge in [-0.2, -0.15) is 0 Å². The number of ether oxygens (including phenoxy) is 3. The first-order chi connectivity index (χ1) is 32.8. The van der Waals surface area contributed by atoms with E-state index in [0.29, 0.717) is 19.3 Å². The molecule has 0 amide bonds. The zero-order valence-corrected chi connectivity index (χ0v) is 46.0. The maximum atomic E-state index is 12.9. The minimum Gasteiger partial charge on any atom is -0.462 e. The molecule has 0 fully saturated rings. The largest absolute Gasteiger partial charge is 0.462 e. The van der Waals surface area contributed by atoms with Gasteiger partial charge in [0.05, 0.1) is 0 Å². The number of hydrogen-bond donors (Lipinski definition) is 0. The van der Waals surface area contributed by atoms with Gasteiger partial charge >= 0.3 is 17.9 Å². The van der Waals surface area contributed by atoms with Crippen molar-refractivity contribution in [2.45, 2.75) is 349 Å². The van der Waals surface area contributed by atoms with E-state index < -0.39 is 6.10 Å². The fourth-order valence-corrected chi connectivity index (χ4v) is 9.37. The molecule has 0 bridgehead atoms. The van der Waals surface area contributed by atoms with Gasteiger partial charge in [0.15, 0.2) is 6.10 Å². The van der Waals surface area contributed by atoms with E-state index in [0.717, 1.165) is 69.6 Å². The second-order valence-corrected chi connectivity index (χ2v) is 21.7. The molecule has 0 spiro atoms. The van der Waals surface area contributed by atoms with Gasteiger partial charge < -0.3 is 14.2 Å². The van der Waals surface area contributed by atoms with Crippen molar-refractivity contribution in [1.82, 2.24) is 0 Å². The van der Waals surface area contributed by atoms with Crippen LogP contribution in [0.1, 0.15) is 343 Å². The molecular weight excluding hydrogens is 829 g/mol. The molecule has 6 nitrogen and oxygen atoms in total. The highest BCUT2D eigenvalue weighted by molar-refractivity contribution is 5.71. The predicted octanol–water partition coefficient (Wildman–Crippen LogP) is 20.0. The quantitative estimate of drug-likeness (QED) is 0.0343. The molecule has 0 aromatic carbocycles. The second kappa shape index (κ2) is 53.8. The minimum absolute atomic E-state index is 0.0623. The molecule has 0 aromatic rings. The van der Waals surface area contributed by atoms with Gasteiger partial charge in [-0.3, -0.25) is 14.4 Å². The van der Waals surface area contributed by atoms with Crippen LogP contribution in [0.15, 0.2) is 0 Å². The standard InChI is InChI=1S/C61H118O6/c1-6-8-9-10-11-12-13-14-15-16-20-26-31-36-41-46-51-59(62)65-54-58(67-61(64)53-48-43-38-33-28-23-22-24-29-34-39-44-49-56(3)4)55-66-60(63)52-47-42-37-32-27-21-18-17-19-25-30-35-40-45-50-57(5)7-2/h56-58H,6-55H2,1-5H3/t57?,58-/m0/s1. The SMILES string of the molecule is CCCCCCCCCCCCCCCCCCC(=O)OC[C@@H](COC(=O)CCCCCCCCCCCCCCCCC(C)CC)OC(=O)CCCCCCCCCCCCCCC(C)C. The maximum absolute atomic E-state index is 12.9. The van der Waals surface area contributed by atoms with Crippen molar-refractivity contribution in [2.75, 3.05) is 13.2 Å². The lowest BCUT2D eigenvalue weighted by Gasteiger charge is -2.18. The highest BCUT2D eigenvalue weighted by Gasteiger charge is 2.19. The predicted molar refractivity (Wildman–Crippen MR) is 289 cm³/mol. The van der Waals surface area contributed by atoms with Crippen LogP contribution in [0.4, 0.5) is 0 Å². The Kier molecular flexibility index (Phi) is 52.5. The monoisotopic (exact) mass is 947 g/mol. The van der Waals surface area contributed by atoms with Crippen LogP contribution < -0.4 is 0 Å². The van der Waals surface area contributed by atoms with Crippen LogP contribution in [0.3, 0.4) is 0 Å². The third-order valence-corrected chi connectivity index (χ3v) is 14.3. The molecule has 0 N–H and O–H groups in total. The number of carbonyl (C=O) groups excluding carboxylic acids is 3. The summed E-state index contributed by atoms with van der Waals surface area (Å²) < 4.78 is 16.9. The summed E-state index contributed by atoms with van der Waals surface area (Å²) in [5.41, 5.74) is 0. The van der Waals surface area contributed by atoms with Gasteiger partial charge in [-0.25, -0.2) is 0 Å². The number of carbonyl (C=O) groups is 3. The molecule has 1 unspecified atom stereocenters. The van der Waals surface area contributed by atoms with Gasteiger partial charge in [0, 0.05) is 19.3 Å². The van der Waals surface area contributed by atoms with E-state index in [9.17, 15) is 14.4 Å². The van der Waals surface area contributed by atoms with Gasteiger partial charge in [-0.15, -0.1) is 0 Å². The zero-order chi connectivity index (χ0) is 48.9. The van der Waals surface area contributed by atoms with Crippen molar-refractivity contribution in [1.29, 1.82) is 0 Å². The van der Waals surface area contributed by atoms with Crippen LogP contribution in [-0.2, 0) is 28.6 Å². The molecule has 0 saturated carbocycles. The molecule has 0 aromatic heterocycles. The van der Waals surface area contributed by atoms with Crippen LogP contribution in [0.2, 0.25) is 0 Å². The van der Waals surface area contributed by atoms with Gasteiger partial charge in [-0.1, -0.05) is 304 Å². The average Bonchev–Trinajstić information content (AvgIpc) is 3.31. The van der Waals surface area contributed by atoms with Gasteiger partial charge in [0.1, 0.15) is 13.2 Å². The number of hydrogen-bond acceptors (Lipinski definition) is 6. The zero-order valence-electron chi connectivity index (χ0n) is 46.0. The molecule has 0 aliphatic heterocycles. The van der Waals surface area contributed by atoms with Crippen molar-refractivity contribution >= 4 is 17.9 Å². The summed E-state index contributed by atoms with van der Waals surface area (Å²) >= 11 is 0.